The molecule has 0 saturated heterocycles. The molecule has 4 rings (SSSR count). The van der Waals surface area contributed by atoms with E-state index < -0.39 is 29.3 Å². The lowest BCUT2D eigenvalue weighted by molar-refractivity contribution is -0.152. The highest BCUT2D eigenvalue weighted by molar-refractivity contribution is 8.76. The molecule has 0 bridgehead atoms. The first kappa shape index (κ1) is 28.5. The third kappa shape index (κ3) is 6.36. The Balaban J connectivity index is 1.82. The van der Waals surface area contributed by atoms with Crippen LogP contribution >= 0.6 is 21.8 Å². The van der Waals surface area contributed by atoms with Crippen LogP contribution in [-0.2, 0) is 26.3 Å². The van der Waals surface area contributed by atoms with Gasteiger partial charge in [-0.05, 0) is 58.3 Å². The van der Waals surface area contributed by atoms with Crippen LogP contribution in [0.3, 0.4) is 0 Å². The molecule has 8 nitrogen and oxygen atoms in total. The molecule has 4 aromatic carbocycles. The van der Waals surface area contributed by atoms with E-state index in [9.17, 15) is 24.3 Å². The van der Waals surface area contributed by atoms with Gasteiger partial charge in [0.15, 0.2) is 0 Å². The third-order valence-electron chi connectivity index (χ3n) is 5.86. The SMILES string of the molecule is O=C(O)Cc1ccc(NC(=O)C(C(=O)O)(c2ccccc2)N(SSc2ccccc2)C(=O)c2ccccc2)cc1. The summed E-state index contributed by atoms with van der Waals surface area (Å²) >= 11 is 0. The molecule has 1 atom stereocenters. The van der Waals surface area contributed by atoms with Gasteiger partial charge in [0.2, 0.25) is 0 Å². The second-order valence-corrected chi connectivity index (χ2v) is 10.6. The minimum Gasteiger partial charge on any atom is -0.481 e. The summed E-state index contributed by atoms with van der Waals surface area (Å²) in [5.74, 6) is -4.20. The van der Waals surface area contributed by atoms with Gasteiger partial charge in [-0.2, -0.15) is 0 Å². The van der Waals surface area contributed by atoms with Crippen LogP contribution < -0.4 is 5.32 Å². The monoisotopic (exact) mass is 572 g/mol. The Bertz CT molecular complexity index is 1490. The van der Waals surface area contributed by atoms with E-state index in [1.54, 1.807) is 48.5 Å². The molecule has 40 heavy (non-hydrogen) atoms. The smallest absolute Gasteiger partial charge is 0.345 e. The van der Waals surface area contributed by atoms with Crippen molar-refractivity contribution in [3.63, 3.8) is 0 Å². The van der Waals surface area contributed by atoms with E-state index in [0.717, 1.165) is 31.0 Å². The number of rotatable bonds is 11. The predicted molar refractivity (Wildman–Crippen MR) is 155 cm³/mol. The Labute approximate surface area is 238 Å². The van der Waals surface area contributed by atoms with Crippen LogP contribution in [0.25, 0.3) is 0 Å². The molecule has 0 radical (unpaired) electrons. The number of hydrogen-bond donors (Lipinski definition) is 3. The average Bonchev–Trinajstić information content (AvgIpc) is 2.97. The van der Waals surface area contributed by atoms with Gasteiger partial charge in [0, 0.05) is 27.1 Å². The Morgan fingerprint density at radius 2 is 1.27 bits per heavy atom. The largest absolute Gasteiger partial charge is 0.481 e. The fourth-order valence-corrected chi connectivity index (χ4v) is 6.26. The maximum atomic E-state index is 14.1. The molecule has 0 aliphatic carbocycles. The van der Waals surface area contributed by atoms with Crippen molar-refractivity contribution in [1.29, 1.82) is 0 Å². The molecule has 0 saturated carbocycles. The van der Waals surface area contributed by atoms with Gasteiger partial charge in [0.25, 0.3) is 17.4 Å². The van der Waals surface area contributed by atoms with Crippen molar-refractivity contribution in [3.05, 3.63) is 132 Å². The number of aliphatic carboxylic acids is 2. The summed E-state index contributed by atoms with van der Waals surface area (Å²) in [5.41, 5.74) is -1.45. The molecule has 1 unspecified atom stereocenters. The van der Waals surface area contributed by atoms with Crippen LogP contribution in [-0.4, -0.2) is 38.3 Å². The fraction of sp³-hybridized carbons (Fsp3) is 0.0667. The summed E-state index contributed by atoms with van der Waals surface area (Å²) in [6.07, 6.45) is -0.204. The highest BCUT2D eigenvalue weighted by Crippen LogP contribution is 2.44. The Morgan fingerprint density at radius 1 is 0.725 bits per heavy atom. The molecule has 0 spiro atoms. The summed E-state index contributed by atoms with van der Waals surface area (Å²) < 4.78 is 0.992. The second kappa shape index (κ2) is 13.0. The first-order valence-electron chi connectivity index (χ1n) is 12.0. The van der Waals surface area contributed by atoms with E-state index >= 15 is 0 Å². The molecule has 0 fully saturated rings. The number of anilines is 1. The number of carboxylic acids is 2. The van der Waals surface area contributed by atoms with Crippen LogP contribution in [0.5, 0.6) is 0 Å². The normalized spacial score (nSPS) is 12.1. The fourth-order valence-electron chi connectivity index (χ4n) is 3.93. The number of benzene rings is 4. The van der Waals surface area contributed by atoms with Crippen LogP contribution in [0.2, 0.25) is 0 Å². The van der Waals surface area contributed by atoms with Gasteiger partial charge in [-0.15, -0.1) is 0 Å². The molecule has 0 aliphatic rings. The molecular formula is C30H24N2O6S2. The number of amides is 2. The number of carbonyl (C=O) groups is 4. The van der Waals surface area contributed by atoms with Crippen molar-refractivity contribution in [1.82, 2.24) is 4.31 Å². The molecule has 2 amide bonds. The molecule has 0 aliphatic heterocycles. The highest BCUT2D eigenvalue weighted by Gasteiger charge is 2.56. The summed E-state index contributed by atoms with van der Waals surface area (Å²) in [6, 6.07) is 31.1. The predicted octanol–water partition coefficient (Wildman–Crippen LogP) is 5.73. The van der Waals surface area contributed by atoms with Crippen molar-refractivity contribution in [2.45, 2.75) is 16.9 Å². The zero-order valence-corrected chi connectivity index (χ0v) is 22.6. The van der Waals surface area contributed by atoms with E-state index in [4.69, 9.17) is 5.11 Å². The van der Waals surface area contributed by atoms with E-state index in [0.29, 0.717) is 5.56 Å². The Morgan fingerprint density at radius 3 is 1.82 bits per heavy atom. The second-order valence-electron chi connectivity index (χ2n) is 8.54. The van der Waals surface area contributed by atoms with Gasteiger partial charge < -0.3 is 15.5 Å². The minimum atomic E-state index is -2.49. The summed E-state index contributed by atoms with van der Waals surface area (Å²) in [4.78, 5) is 53.2. The third-order valence-corrected chi connectivity index (χ3v) is 8.23. The van der Waals surface area contributed by atoms with E-state index in [-0.39, 0.29) is 23.2 Å². The maximum Gasteiger partial charge on any atom is 0.345 e. The molecule has 4 aromatic rings. The molecular weight excluding hydrogens is 548 g/mol. The number of carboxylic acid groups (broad SMARTS) is 2. The van der Waals surface area contributed by atoms with Gasteiger partial charge in [0.05, 0.1) is 6.42 Å². The minimum absolute atomic E-state index is 0.0768. The van der Waals surface area contributed by atoms with E-state index in [2.05, 4.69) is 5.32 Å². The van der Waals surface area contributed by atoms with Crippen LogP contribution in [0.1, 0.15) is 21.5 Å². The lowest BCUT2D eigenvalue weighted by atomic mass is 9.88. The average molecular weight is 573 g/mol. The maximum absolute atomic E-state index is 14.1. The van der Waals surface area contributed by atoms with Gasteiger partial charge in [0.1, 0.15) is 0 Å². The van der Waals surface area contributed by atoms with Gasteiger partial charge in [-0.1, -0.05) is 78.9 Å². The zero-order chi connectivity index (χ0) is 28.5. The summed E-state index contributed by atoms with van der Waals surface area (Å²) in [7, 11) is 1.99. The van der Waals surface area contributed by atoms with Gasteiger partial charge >= 0.3 is 11.9 Å². The number of hydrogen-bond acceptors (Lipinski definition) is 6. The first-order chi connectivity index (χ1) is 19.3. The topological polar surface area (TPSA) is 124 Å². The zero-order valence-electron chi connectivity index (χ0n) is 21.0. The summed E-state index contributed by atoms with van der Waals surface area (Å²) in [6.45, 7) is 0. The number of nitrogens with one attached hydrogen (secondary N) is 1. The highest BCUT2D eigenvalue weighted by atomic mass is 33.1. The molecule has 202 valence electrons. The van der Waals surface area contributed by atoms with E-state index in [1.165, 1.54) is 36.4 Å². The van der Waals surface area contributed by atoms with Crippen molar-refractivity contribution >= 4 is 51.2 Å². The van der Waals surface area contributed by atoms with Crippen molar-refractivity contribution in [2.24, 2.45) is 0 Å². The van der Waals surface area contributed by atoms with E-state index in [1.807, 2.05) is 30.3 Å². The quantitative estimate of drug-likeness (QED) is 0.118. The molecule has 0 aromatic heterocycles. The molecule has 0 heterocycles. The van der Waals surface area contributed by atoms with Crippen molar-refractivity contribution in [3.8, 4) is 0 Å². The first-order valence-corrected chi connectivity index (χ1v) is 14.1. The Hall–Kier alpha value is -4.54. The lowest BCUT2D eigenvalue weighted by Crippen LogP contribution is -2.58. The van der Waals surface area contributed by atoms with Crippen LogP contribution in [0, 0.1) is 0 Å². The number of nitrogens with zero attached hydrogens (tertiary/aromatic N) is 1. The van der Waals surface area contributed by atoms with Gasteiger partial charge in [-0.25, -0.2) is 9.10 Å². The number of carbonyl (C=O) groups excluding carboxylic acids is 2. The lowest BCUT2D eigenvalue weighted by Gasteiger charge is -2.38. The summed E-state index contributed by atoms with van der Waals surface area (Å²) in [5, 5.41) is 22.5. The van der Waals surface area contributed by atoms with Crippen molar-refractivity contribution in [2.75, 3.05) is 5.32 Å². The Kier molecular flexibility index (Phi) is 9.26. The van der Waals surface area contributed by atoms with Crippen LogP contribution in [0.4, 0.5) is 5.69 Å². The van der Waals surface area contributed by atoms with Crippen LogP contribution in [0.15, 0.2) is 120 Å². The molecule has 3 N–H and O–H groups in total. The molecule has 10 heteroatoms. The standard InChI is InChI=1S/C30H24N2O6S2/c33-26(34)20-21-16-18-24(19-17-21)31-28(36)30(29(37)38,23-12-6-2-7-13-23)32(27(35)22-10-4-1-5-11-22)40-39-25-14-8-3-9-15-25/h1-19H,20H2,(H,31,36)(H,33,34)(H,37,38). The van der Waals surface area contributed by atoms with Gasteiger partial charge in [-0.3, -0.25) is 14.4 Å². The van der Waals surface area contributed by atoms with Crippen molar-refractivity contribution < 1.29 is 29.4 Å².